The van der Waals surface area contributed by atoms with Gasteiger partial charge in [-0.1, -0.05) is 53.4 Å². The molecule has 0 unspecified atom stereocenters. The number of fused-ring (bicyclic) bond motifs is 3. The number of hydrogen-bond acceptors (Lipinski definition) is 11. The van der Waals surface area contributed by atoms with E-state index in [0.717, 1.165) is 68.7 Å². The van der Waals surface area contributed by atoms with E-state index in [1.807, 2.05) is 7.05 Å². The number of carboxylic acids is 1. The number of carbonyl (C=O) groups excluding carboxylic acids is 2. The lowest BCUT2D eigenvalue weighted by Crippen LogP contribution is -2.65. The van der Waals surface area contributed by atoms with E-state index in [2.05, 4.69) is 57.8 Å². The summed E-state index contributed by atoms with van der Waals surface area (Å²) in [5.74, 6) is 1.80. The molecule has 8 rings (SSSR count). The molecule has 15 heteroatoms. The fraction of sp³-hybridized carbons (Fsp3) is 0.585. The zero-order chi connectivity index (χ0) is 39.9. The third-order valence-corrected chi connectivity index (χ3v) is 13.2. The maximum Gasteiger partial charge on any atom is 0.336 e. The number of aromatic nitrogens is 4. The van der Waals surface area contributed by atoms with Gasteiger partial charge in [-0.25, -0.2) is 14.8 Å². The number of halogens is 1. The van der Waals surface area contributed by atoms with Crippen LogP contribution in [-0.4, -0.2) is 86.7 Å². The number of nitrogens with zero attached hydrogens (tertiary/aromatic N) is 8. The van der Waals surface area contributed by atoms with Gasteiger partial charge in [0.25, 0.3) is 11.8 Å². The van der Waals surface area contributed by atoms with Crippen LogP contribution in [0.5, 0.6) is 5.75 Å². The third kappa shape index (κ3) is 6.37. The Bertz CT molecular complexity index is 1990. The monoisotopic (exact) mass is 787 g/mol. The van der Waals surface area contributed by atoms with Gasteiger partial charge in [0.15, 0.2) is 11.6 Å². The van der Waals surface area contributed by atoms with E-state index >= 15 is 0 Å². The van der Waals surface area contributed by atoms with Gasteiger partial charge in [0.1, 0.15) is 28.2 Å². The molecule has 2 amide bonds. The van der Waals surface area contributed by atoms with Crippen LogP contribution in [0.1, 0.15) is 121 Å². The smallest absolute Gasteiger partial charge is 0.336 e. The van der Waals surface area contributed by atoms with E-state index in [0.29, 0.717) is 60.5 Å². The number of benzene rings is 1. The average molecular weight is 788 g/mol. The topological polar surface area (TPSA) is 157 Å². The fourth-order valence-electron chi connectivity index (χ4n) is 9.93. The largest absolute Gasteiger partial charge is 0.491 e. The van der Waals surface area contributed by atoms with Crippen LogP contribution in [-0.2, 0) is 16.0 Å². The van der Waals surface area contributed by atoms with Crippen molar-refractivity contribution in [3.8, 4) is 5.75 Å². The van der Waals surface area contributed by atoms with Gasteiger partial charge in [-0.15, -0.1) is 0 Å². The first-order valence-electron chi connectivity index (χ1n) is 20.3. The van der Waals surface area contributed by atoms with E-state index in [4.69, 9.17) is 21.3 Å². The first-order valence-corrected chi connectivity index (χ1v) is 20.7. The standard InChI is InChI=1S/C25H31N5O4.C16H23ClN4O/c1-4-25(5-2)23(33)29(3)19-14-26-24(28-21(19)30(25)15-8-6-7-9-15)27-18-11-10-17(22(31)32)16-12-13-34-20(16)18;1-4-16(5-2)14(22)20(3)12-10-18-15(17)19-13(12)21(16)11-8-6-7-9-11/h10-11,14-15H,4-9,12-13H2,1-3H3,(H,31,32)(H,26,27,28);10-11H,4-9H2,1-3H3. The van der Waals surface area contributed by atoms with Crippen LogP contribution >= 0.6 is 11.6 Å². The number of amides is 2. The Hall–Kier alpha value is -4.72. The molecule has 56 heavy (non-hydrogen) atoms. The first-order chi connectivity index (χ1) is 27.0. The molecule has 0 saturated heterocycles. The molecular weight excluding hydrogens is 734 g/mol. The van der Waals surface area contributed by atoms with Crippen molar-refractivity contribution in [3.05, 3.63) is 40.9 Å². The number of carbonyl (C=O) groups is 3. The van der Waals surface area contributed by atoms with E-state index < -0.39 is 17.0 Å². The van der Waals surface area contributed by atoms with Crippen LogP contribution in [0.4, 0.5) is 34.6 Å². The second-order valence-corrected chi connectivity index (χ2v) is 15.9. The average Bonchev–Trinajstić information content (AvgIpc) is 4.03. The molecule has 0 spiro atoms. The number of rotatable bonds is 9. The predicted octanol–water partition coefficient (Wildman–Crippen LogP) is 7.55. The molecule has 14 nitrogen and oxygen atoms in total. The van der Waals surface area contributed by atoms with Crippen molar-refractivity contribution in [2.24, 2.45) is 0 Å². The molecule has 0 atom stereocenters. The summed E-state index contributed by atoms with van der Waals surface area (Å²) in [6, 6.07) is 3.92. The molecule has 300 valence electrons. The minimum Gasteiger partial charge on any atom is -0.491 e. The number of nitrogens with one attached hydrogen (secondary N) is 1. The molecule has 2 fully saturated rings. The zero-order valence-corrected chi connectivity index (χ0v) is 34.2. The van der Waals surface area contributed by atoms with Crippen LogP contribution in [0.25, 0.3) is 0 Å². The molecule has 3 aliphatic heterocycles. The van der Waals surface area contributed by atoms with Crippen LogP contribution in [0.15, 0.2) is 24.5 Å². The Morgan fingerprint density at radius 1 is 0.821 bits per heavy atom. The Labute approximate surface area is 334 Å². The first kappa shape index (κ1) is 39.5. The number of anilines is 6. The van der Waals surface area contributed by atoms with E-state index in [1.165, 1.54) is 12.8 Å². The lowest BCUT2D eigenvalue weighted by Gasteiger charge is -2.51. The number of likely N-dealkylation sites (N-methyl/N-ethyl adjacent to an activating group) is 2. The molecule has 0 radical (unpaired) electrons. The van der Waals surface area contributed by atoms with Gasteiger partial charge in [-0.2, -0.15) is 9.97 Å². The normalized spacial score (nSPS) is 20.0. The zero-order valence-electron chi connectivity index (χ0n) is 33.4. The van der Waals surface area contributed by atoms with Crippen molar-refractivity contribution < 1.29 is 24.2 Å². The Morgan fingerprint density at radius 2 is 1.32 bits per heavy atom. The molecule has 3 aromatic rings. The lowest BCUT2D eigenvalue weighted by molar-refractivity contribution is -0.125. The lowest BCUT2D eigenvalue weighted by atomic mass is 9.84. The quantitative estimate of drug-likeness (QED) is 0.206. The van der Waals surface area contributed by atoms with Crippen molar-refractivity contribution in [2.75, 3.05) is 45.6 Å². The van der Waals surface area contributed by atoms with E-state index in [1.54, 1.807) is 41.4 Å². The fourth-order valence-corrected chi connectivity index (χ4v) is 10.1. The number of carboxylic acid groups (broad SMARTS) is 1. The van der Waals surface area contributed by atoms with Gasteiger partial charge in [0.2, 0.25) is 11.2 Å². The predicted molar refractivity (Wildman–Crippen MR) is 218 cm³/mol. The van der Waals surface area contributed by atoms with Gasteiger partial charge < -0.3 is 34.8 Å². The van der Waals surface area contributed by atoms with Crippen LogP contribution < -0.4 is 29.7 Å². The summed E-state index contributed by atoms with van der Waals surface area (Å²) in [4.78, 5) is 64.2. The number of hydrogen-bond donors (Lipinski definition) is 2. The SMILES string of the molecule is CCC1(CC)C(=O)N(C)c2cnc(Cl)nc2N1C1CCCC1.CCC1(CC)C(=O)N(C)c2cnc(Nc3ccc(C(=O)O)c4c3OCC4)nc2N1C1CCCC1. The number of aromatic carboxylic acids is 1. The van der Waals surface area contributed by atoms with Crippen LogP contribution in [0.2, 0.25) is 5.28 Å². The van der Waals surface area contributed by atoms with Gasteiger partial charge in [0.05, 0.1) is 30.3 Å². The van der Waals surface area contributed by atoms with E-state index in [9.17, 15) is 19.5 Å². The van der Waals surface area contributed by atoms with Crippen molar-refractivity contribution in [1.82, 2.24) is 19.9 Å². The highest BCUT2D eigenvalue weighted by Crippen LogP contribution is 2.48. The maximum atomic E-state index is 13.6. The molecule has 2 aliphatic carbocycles. The molecular formula is C41H54ClN9O5. The Balaban J connectivity index is 0.000000189. The second kappa shape index (κ2) is 15.7. The second-order valence-electron chi connectivity index (χ2n) is 15.6. The molecule has 0 bridgehead atoms. The third-order valence-electron chi connectivity index (χ3n) is 13.0. The summed E-state index contributed by atoms with van der Waals surface area (Å²) < 4.78 is 5.76. The van der Waals surface area contributed by atoms with Crippen LogP contribution in [0.3, 0.4) is 0 Å². The Kier molecular flexibility index (Phi) is 11.1. The van der Waals surface area contributed by atoms with Crippen LogP contribution in [0, 0.1) is 0 Å². The van der Waals surface area contributed by atoms with Gasteiger partial charge in [0, 0.05) is 38.2 Å². The summed E-state index contributed by atoms with van der Waals surface area (Å²) >= 11 is 6.06. The molecule has 5 heterocycles. The van der Waals surface area contributed by atoms with Crippen molar-refractivity contribution in [2.45, 2.75) is 134 Å². The summed E-state index contributed by atoms with van der Waals surface area (Å²) in [6.07, 6.45) is 15.9. The van der Waals surface area contributed by atoms with Crippen molar-refractivity contribution in [1.29, 1.82) is 0 Å². The Morgan fingerprint density at radius 3 is 1.82 bits per heavy atom. The van der Waals surface area contributed by atoms with Crippen molar-refractivity contribution in [3.63, 3.8) is 0 Å². The van der Waals surface area contributed by atoms with E-state index in [-0.39, 0.29) is 28.7 Å². The molecule has 2 N–H and O–H groups in total. The highest BCUT2D eigenvalue weighted by atomic mass is 35.5. The summed E-state index contributed by atoms with van der Waals surface area (Å²) in [6.45, 7) is 8.77. The highest BCUT2D eigenvalue weighted by Gasteiger charge is 2.53. The summed E-state index contributed by atoms with van der Waals surface area (Å²) in [5, 5.41) is 13.0. The summed E-state index contributed by atoms with van der Waals surface area (Å²) in [5.41, 5.74) is 1.91. The number of ether oxygens (including phenoxy) is 1. The minimum atomic E-state index is -0.964. The summed E-state index contributed by atoms with van der Waals surface area (Å²) in [7, 11) is 3.61. The minimum absolute atomic E-state index is 0.0942. The molecule has 5 aliphatic rings. The maximum absolute atomic E-state index is 13.6. The molecule has 2 saturated carbocycles. The van der Waals surface area contributed by atoms with Gasteiger partial charge >= 0.3 is 5.97 Å². The highest BCUT2D eigenvalue weighted by molar-refractivity contribution is 6.28. The van der Waals surface area contributed by atoms with Gasteiger partial charge in [-0.05, 0) is 75.1 Å². The van der Waals surface area contributed by atoms with Crippen molar-refractivity contribution >= 4 is 64.0 Å². The van der Waals surface area contributed by atoms with Gasteiger partial charge in [-0.3, -0.25) is 9.59 Å². The molecule has 1 aromatic carbocycles. The molecule has 2 aromatic heterocycles.